The molecule has 21 heavy (non-hydrogen) atoms. The third kappa shape index (κ3) is 2.82. The molecule has 3 rings (SSSR count). The van der Waals surface area contributed by atoms with Crippen molar-refractivity contribution in [3.8, 4) is 6.07 Å². The van der Waals surface area contributed by atoms with Gasteiger partial charge in [0.05, 0.1) is 16.5 Å². The third-order valence-corrected chi connectivity index (χ3v) is 5.06. The van der Waals surface area contributed by atoms with Gasteiger partial charge in [0.1, 0.15) is 0 Å². The number of nitrogens with one attached hydrogen (secondary N) is 1. The first-order valence-electron chi connectivity index (χ1n) is 6.62. The summed E-state index contributed by atoms with van der Waals surface area (Å²) in [6.45, 7) is 0.702. The zero-order valence-corrected chi connectivity index (χ0v) is 12.0. The second kappa shape index (κ2) is 5.31. The molecule has 0 radical (unpaired) electrons. The molecule has 0 saturated carbocycles. The molecule has 0 amide bonds. The number of aryl methyl sites for hydroxylation is 1. The van der Waals surface area contributed by atoms with E-state index in [4.69, 9.17) is 5.26 Å². The van der Waals surface area contributed by atoms with Gasteiger partial charge in [0.15, 0.2) is 0 Å². The molecule has 0 spiro atoms. The van der Waals surface area contributed by atoms with E-state index in [1.807, 2.05) is 16.8 Å². The van der Waals surface area contributed by atoms with Gasteiger partial charge in [-0.1, -0.05) is 6.07 Å². The minimum atomic E-state index is -3.61. The number of fused-ring (bicyclic) bond motifs is 1. The van der Waals surface area contributed by atoms with E-state index in [-0.39, 0.29) is 10.9 Å². The molecule has 2 aromatic rings. The Morgan fingerprint density at radius 2 is 2.24 bits per heavy atom. The Morgan fingerprint density at radius 1 is 1.38 bits per heavy atom. The van der Waals surface area contributed by atoms with Crippen molar-refractivity contribution in [3.05, 3.63) is 47.8 Å². The molecule has 6 nitrogen and oxygen atoms in total. The zero-order valence-electron chi connectivity index (χ0n) is 11.2. The van der Waals surface area contributed by atoms with Crippen LogP contribution in [0.4, 0.5) is 0 Å². The van der Waals surface area contributed by atoms with Crippen molar-refractivity contribution < 1.29 is 8.42 Å². The lowest BCUT2D eigenvalue weighted by atomic mass is 10.1. The largest absolute Gasteiger partial charge is 0.269 e. The van der Waals surface area contributed by atoms with Crippen LogP contribution in [0.3, 0.4) is 0 Å². The van der Waals surface area contributed by atoms with Crippen molar-refractivity contribution in [2.75, 3.05) is 0 Å². The monoisotopic (exact) mass is 302 g/mol. The minimum Gasteiger partial charge on any atom is -0.269 e. The molecule has 2 heterocycles. The highest BCUT2D eigenvalue weighted by atomic mass is 32.2. The number of hydrogen-bond donors (Lipinski definition) is 1. The van der Waals surface area contributed by atoms with Crippen LogP contribution >= 0.6 is 0 Å². The highest BCUT2D eigenvalue weighted by Crippen LogP contribution is 2.17. The molecular weight excluding hydrogens is 288 g/mol. The van der Waals surface area contributed by atoms with E-state index in [0.717, 1.165) is 5.69 Å². The Bertz CT molecular complexity index is 804. The molecule has 0 aliphatic carbocycles. The van der Waals surface area contributed by atoms with Crippen molar-refractivity contribution in [2.24, 2.45) is 0 Å². The fraction of sp³-hybridized carbons (Fsp3) is 0.286. The third-order valence-electron chi connectivity index (χ3n) is 3.54. The SMILES string of the molecule is N#Cc1cccc(S(=O)(=O)NC2CCn3nccc3C2)c1. The number of nitrogens with zero attached hydrogens (tertiary/aromatic N) is 3. The predicted molar refractivity (Wildman–Crippen MR) is 75.8 cm³/mol. The maximum Gasteiger partial charge on any atom is 0.240 e. The van der Waals surface area contributed by atoms with E-state index in [1.165, 1.54) is 12.1 Å². The first kappa shape index (κ1) is 13.8. The predicted octanol–water partition coefficient (Wildman–Crippen LogP) is 1.05. The Kier molecular flexibility index (Phi) is 3.49. The minimum absolute atomic E-state index is 0.126. The fourth-order valence-electron chi connectivity index (χ4n) is 2.49. The summed E-state index contributed by atoms with van der Waals surface area (Å²) in [5.74, 6) is 0. The van der Waals surface area contributed by atoms with Crippen LogP contribution in [0.5, 0.6) is 0 Å². The molecule has 1 atom stereocenters. The van der Waals surface area contributed by atoms with E-state index in [9.17, 15) is 8.42 Å². The van der Waals surface area contributed by atoms with E-state index in [0.29, 0.717) is 24.9 Å². The summed E-state index contributed by atoms with van der Waals surface area (Å²) in [6.07, 6.45) is 3.05. The van der Waals surface area contributed by atoms with Gasteiger partial charge in [-0.3, -0.25) is 4.68 Å². The summed E-state index contributed by atoms with van der Waals surface area (Å²) in [4.78, 5) is 0.126. The van der Waals surface area contributed by atoms with E-state index in [2.05, 4.69) is 9.82 Å². The van der Waals surface area contributed by atoms with Gasteiger partial charge in [0.2, 0.25) is 10.0 Å². The summed E-state index contributed by atoms with van der Waals surface area (Å²) in [6, 6.07) is 9.73. The zero-order chi connectivity index (χ0) is 14.9. The smallest absolute Gasteiger partial charge is 0.240 e. The Balaban J connectivity index is 1.79. The molecule has 108 valence electrons. The Labute approximate surface area is 123 Å². The normalized spacial score (nSPS) is 18.0. The second-order valence-corrected chi connectivity index (χ2v) is 6.71. The summed E-state index contributed by atoms with van der Waals surface area (Å²) in [5, 5.41) is 13.0. The summed E-state index contributed by atoms with van der Waals surface area (Å²) in [5.41, 5.74) is 1.36. The lowest BCUT2D eigenvalue weighted by molar-refractivity contribution is 0.414. The van der Waals surface area contributed by atoms with Gasteiger partial charge in [-0.05, 0) is 30.7 Å². The van der Waals surface area contributed by atoms with Crippen molar-refractivity contribution in [3.63, 3.8) is 0 Å². The molecule has 0 bridgehead atoms. The van der Waals surface area contributed by atoms with E-state index < -0.39 is 10.0 Å². The van der Waals surface area contributed by atoms with Gasteiger partial charge in [0, 0.05) is 30.9 Å². The second-order valence-electron chi connectivity index (χ2n) is 5.00. The molecule has 1 aromatic carbocycles. The summed E-state index contributed by atoms with van der Waals surface area (Å²) >= 11 is 0. The number of nitriles is 1. The van der Waals surface area contributed by atoms with E-state index in [1.54, 1.807) is 18.3 Å². The van der Waals surface area contributed by atoms with Crippen LogP contribution < -0.4 is 4.72 Å². The van der Waals surface area contributed by atoms with E-state index >= 15 is 0 Å². The van der Waals surface area contributed by atoms with Crippen LogP contribution in [0.2, 0.25) is 0 Å². The van der Waals surface area contributed by atoms with Gasteiger partial charge < -0.3 is 0 Å². The first-order chi connectivity index (χ1) is 10.1. The number of benzene rings is 1. The Morgan fingerprint density at radius 3 is 3.05 bits per heavy atom. The topological polar surface area (TPSA) is 87.8 Å². The quantitative estimate of drug-likeness (QED) is 0.918. The number of aromatic nitrogens is 2. The van der Waals surface area contributed by atoms with Crippen molar-refractivity contribution in [2.45, 2.75) is 30.3 Å². The average molecular weight is 302 g/mol. The van der Waals surface area contributed by atoms with Gasteiger partial charge in [0.25, 0.3) is 0 Å². The lowest BCUT2D eigenvalue weighted by Gasteiger charge is -2.24. The molecule has 1 aliphatic rings. The Hall–Kier alpha value is -2.17. The highest BCUT2D eigenvalue weighted by molar-refractivity contribution is 7.89. The van der Waals surface area contributed by atoms with Crippen LogP contribution in [0.25, 0.3) is 0 Å². The molecule has 7 heteroatoms. The number of hydrogen-bond acceptors (Lipinski definition) is 4. The molecule has 1 aliphatic heterocycles. The van der Waals surface area contributed by atoms with Crippen molar-refractivity contribution in [1.29, 1.82) is 5.26 Å². The summed E-state index contributed by atoms with van der Waals surface area (Å²) < 4.78 is 29.4. The first-order valence-corrected chi connectivity index (χ1v) is 8.10. The molecule has 1 unspecified atom stereocenters. The maximum absolute atomic E-state index is 12.4. The van der Waals surface area contributed by atoms with Crippen LogP contribution in [-0.4, -0.2) is 24.2 Å². The molecule has 0 saturated heterocycles. The standard InChI is InChI=1S/C14H14N4O2S/c15-10-11-2-1-3-14(8-11)21(19,20)17-12-5-7-18-13(9-12)4-6-16-18/h1-4,6,8,12,17H,5,7,9H2. The maximum atomic E-state index is 12.4. The summed E-state index contributed by atoms with van der Waals surface area (Å²) in [7, 11) is -3.61. The fourth-order valence-corrected chi connectivity index (χ4v) is 3.80. The molecular formula is C14H14N4O2S. The highest BCUT2D eigenvalue weighted by Gasteiger charge is 2.24. The molecule has 1 N–H and O–H groups in total. The van der Waals surface area contributed by atoms with Crippen molar-refractivity contribution in [1.82, 2.24) is 14.5 Å². The van der Waals surface area contributed by atoms with Gasteiger partial charge in [-0.2, -0.15) is 10.4 Å². The number of sulfonamides is 1. The van der Waals surface area contributed by atoms with Gasteiger partial charge in [-0.15, -0.1) is 0 Å². The van der Waals surface area contributed by atoms with Crippen LogP contribution in [0, 0.1) is 11.3 Å². The van der Waals surface area contributed by atoms with Crippen LogP contribution in [0.1, 0.15) is 17.7 Å². The van der Waals surface area contributed by atoms with Crippen LogP contribution in [0.15, 0.2) is 41.4 Å². The van der Waals surface area contributed by atoms with Crippen molar-refractivity contribution >= 4 is 10.0 Å². The molecule has 0 fully saturated rings. The number of rotatable bonds is 3. The molecule has 1 aromatic heterocycles. The average Bonchev–Trinajstić information content (AvgIpc) is 2.94. The van der Waals surface area contributed by atoms with Gasteiger partial charge >= 0.3 is 0 Å². The van der Waals surface area contributed by atoms with Crippen LogP contribution in [-0.2, 0) is 23.0 Å². The lowest BCUT2D eigenvalue weighted by Crippen LogP contribution is -2.40. The van der Waals surface area contributed by atoms with Gasteiger partial charge in [-0.25, -0.2) is 13.1 Å².